The lowest BCUT2D eigenvalue weighted by Crippen LogP contribution is -2.34. The van der Waals surface area contributed by atoms with Gasteiger partial charge in [0.15, 0.2) is 17.1 Å². The van der Waals surface area contributed by atoms with Crippen molar-refractivity contribution in [2.75, 3.05) is 20.3 Å². The van der Waals surface area contributed by atoms with Crippen LogP contribution >= 0.6 is 0 Å². The van der Waals surface area contributed by atoms with E-state index in [0.717, 1.165) is 30.4 Å². The van der Waals surface area contributed by atoms with Crippen molar-refractivity contribution in [2.24, 2.45) is 5.92 Å². The van der Waals surface area contributed by atoms with Crippen LogP contribution < -0.4 is 10.1 Å². The van der Waals surface area contributed by atoms with Crippen LogP contribution in [0.1, 0.15) is 35.1 Å². The zero-order valence-electron chi connectivity index (χ0n) is 14.5. The van der Waals surface area contributed by atoms with Crippen LogP contribution in [0.2, 0.25) is 0 Å². The first kappa shape index (κ1) is 16.7. The first-order valence-corrected chi connectivity index (χ1v) is 8.71. The second-order valence-electron chi connectivity index (χ2n) is 6.42. The third kappa shape index (κ3) is 3.17. The van der Waals surface area contributed by atoms with Gasteiger partial charge >= 0.3 is 0 Å². The molecule has 7 heteroatoms. The Kier molecular flexibility index (Phi) is 4.62. The van der Waals surface area contributed by atoms with Gasteiger partial charge in [-0.05, 0) is 25.0 Å². The van der Waals surface area contributed by atoms with Gasteiger partial charge in [-0.1, -0.05) is 12.1 Å². The van der Waals surface area contributed by atoms with E-state index in [0.29, 0.717) is 17.9 Å². The number of nitrogens with one attached hydrogen (secondary N) is 2. The largest absolute Gasteiger partial charge is 0.493 e. The molecule has 0 saturated carbocycles. The summed E-state index contributed by atoms with van der Waals surface area (Å²) in [5.41, 5.74) is 1.59. The van der Waals surface area contributed by atoms with Crippen LogP contribution in [0.4, 0.5) is 0 Å². The predicted molar refractivity (Wildman–Crippen MR) is 95.1 cm³/mol. The molecule has 0 unspecified atom stereocenters. The number of para-hydroxylation sites is 1. The number of H-pyrrole nitrogens is 1. The smallest absolute Gasteiger partial charge is 0.287 e. The monoisotopic (exact) mass is 355 g/mol. The van der Waals surface area contributed by atoms with Crippen LogP contribution in [0, 0.1) is 5.92 Å². The Morgan fingerprint density at radius 2 is 2.38 bits per heavy atom. The van der Waals surface area contributed by atoms with E-state index >= 15 is 0 Å². The van der Waals surface area contributed by atoms with E-state index < -0.39 is 0 Å². The van der Waals surface area contributed by atoms with Crippen molar-refractivity contribution in [1.82, 2.24) is 15.5 Å². The highest BCUT2D eigenvalue weighted by Gasteiger charge is 2.29. The van der Waals surface area contributed by atoms with Crippen LogP contribution in [0.25, 0.3) is 11.0 Å². The van der Waals surface area contributed by atoms with Crippen molar-refractivity contribution in [3.05, 3.63) is 48.0 Å². The van der Waals surface area contributed by atoms with Crippen LogP contribution in [0.3, 0.4) is 0 Å². The van der Waals surface area contributed by atoms with E-state index in [1.165, 1.54) is 0 Å². The van der Waals surface area contributed by atoms with E-state index in [2.05, 4.69) is 15.5 Å². The van der Waals surface area contributed by atoms with Crippen molar-refractivity contribution in [2.45, 2.75) is 18.9 Å². The van der Waals surface area contributed by atoms with Gasteiger partial charge < -0.3 is 19.2 Å². The van der Waals surface area contributed by atoms with Gasteiger partial charge in [-0.15, -0.1) is 0 Å². The molecule has 7 nitrogen and oxygen atoms in total. The molecule has 1 saturated heterocycles. The minimum atomic E-state index is -0.236. The van der Waals surface area contributed by atoms with Gasteiger partial charge in [-0.25, -0.2) is 0 Å². The summed E-state index contributed by atoms with van der Waals surface area (Å²) >= 11 is 0. The molecular weight excluding hydrogens is 334 g/mol. The lowest BCUT2D eigenvalue weighted by atomic mass is 9.91. The molecule has 1 aliphatic heterocycles. The molecule has 2 aromatic heterocycles. The van der Waals surface area contributed by atoms with Gasteiger partial charge in [0.25, 0.3) is 5.91 Å². The number of furan rings is 1. The Morgan fingerprint density at radius 1 is 1.46 bits per heavy atom. The maximum Gasteiger partial charge on any atom is 0.287 e. The first-order valence-electron chi connectivity index (χ1n) is 8.71. The average molecular weight is 355 g/mol. The highest BCUT2D eigenvalue weighted by molar-refractivity contribution is 5.97. The summed E-state index contributed by atoms with van der Waals surface area (Å²) in [4.78, 5) is 12.5. The maximum absolute atomic E-state index is 12.5. The zero-order chi connectivity index (χ0) is 17.9. The minimum absolute atomic E-state index is 0.0569. The molecule has 0 radical (unpaired) electrons. The Labute approximate surface area is 150 Å². The summed E-state index contributed by atoms with van der Waals surface area (Å²) in [5.74, 6) is 0.854. The fraction of sp³-hybridized carbons (Fsp3) is 0.368. The minimum Gasteiger partial charge on any atom is -0.493 e. The molecule has 2 atom stereocenters. The van der Waals surface area contributed by atoms with Crippen molar-refractivity contribution in [1.29, 1.82) is 0 Å². The summed E-state index contributed by atoms with van der Waals surface area (Å²) in [7, 11) is 1.58. The van der Waals surface area contributed by atoms with Gasteiger partial charge in [-0.2, -0.15) is 5.10 Å². The topological polar surface area (TPSA) is 89.4 Å². The fourth-order valence-electron chi connectivity index (χ4n) is 3.46. The second-order valence-corrected chi connectivity index (χ2v) is 6.42. The molecule has 26 heavy (non-hydrogen) atoms. The molecule has 4 rings (SSSR count). The number of aromatic nitrogens is 2. The summed E-state index contributed by atoms with van der Waals surface area (Å²) in [6.45, 7) is 1.24. The molecule has 3 heterocycles. The molecule has 3 aromatic rings. The lowest BCUT2D eigenvalue weighted by molar-refractivity contribution is -0.0273. The number of methoxy groups -OCH3 is 1. The van der Waals surface area contributed by atoms with Gasteiger partial charge in [0, 0.05) is 36.2 Å². The highest BCUT2D eigenvalue weighted by atomic mass is 16.5. The van der Waals surface area contributed by atoms with Gasteiger partial charge in [0.05, 0.1) is 19.4 Å². The number of fused-ring (bicyclic) bond motifs is 1. The number of rotatable bonds is 5. The van der Waals surface area contributed by atoms with E-state index in [9.17, 15) is 4.79 Å². The molecular formula is C19H21N3O4. The van der Waals surface area contributed by atoms with E-state index in [1.807, 2.05) is 24.4 Å². The number of ether oxygens (including phenoxy) is 2. The van der Waals surface area contributed by atoms with E-state index in [-0.39, 0.29) is 23.7 Å². The molecule has 0 aliphatic carbocycles. The van der Waals surface area contributed by atoms with Crippen molar-refractivity contribution >= 4 is 16.9 Å². The lowest BCUT2D eigenvalue weighted by Gasteiger charge is -2.31. The van der Waals surface area contributed by atoms with Gasteiger partial charge in [0.1, 0.15) is 0 Å². The Morgan fingerprint density at radius 3 is 3.19 bits per heavy atom. The van der Waals surface area contributed by atoms with Crippen LogP contribution in [0.15, 0.2) is 41.1 Å². The molecule has 0 spiro atoms. The van der Waals surface area contributed by atoms with Crippen LogP contribution in [-0.4, -0.2) is 36.4 Å². The summed E-state index contributed by atoms with van der Waals surface area (Å²) < 4.78 is 16.9. The Hall–Kier alpha value is -2.80. The molecule has 1 amide bonds. The average Bonchev–Trinajstić information content (AvgIpc) is 3.35. The molecule has 1 aliphatic rings. The predicted octanol–water partition coefficient (Wildman–Crippen LogP) is 3.06. The first-order chi connectivity index (χ1) is 12.8. The second kappa shape index (κ2) is 7.21. The SMILES string of the molecule is COc1cccc2cc(C(=O)NC[C@@H]3CCCO[C@H]3c3cn[nH]c3)oc12. The van der Waals surface area contributed by atoms with Gasteiger partial charge in [0.2, 0.25) is 0 Å². The Balaban J connectivity index is 1.46. The molecule has 0 bridgehead atoms. The van der Waals surface area contributed by atoms with E-state index in [4.69, 9.17) is 13.9 Å². The van der Waals surface area contributed by atoms with Gasteiger partial charge in [-0.3, -0.25) is 9.89 Å². The quantitative estimate of drug-likeness (QED) is 0.734. The highest BCUT2D eigenvalue weighted by Crippen LogP contribution is 2.33. The number of carbonyl (C=O) groups is 1. The molecule has 1 aromatic carbocycles. The number of amides is 1. The maximum atomic E-state index is 12.5. The van der Waals surface area contributed by atoms with Crippen molar-refractivity contribution < 1.29 is 18.7 Å². The van der Waals surface area contributed by atoms with Crippen LogP contribution in [0.5, 0.6) is 5.75 Å². The molecule has 1 fully saturated rings. The number of hydrogen-bond donors (Lipinski definition) is 2. The number of nitrogens with zero attached hydrogens (tertiary/aromatic N) is 1. The summed E-state index contributed by atoms with van der Waals surface area (Å²) in [5, 5.41) is 10.6. The summed E-state index contributed by atoms with van der Waals surface area (Å²) in [6.07, 6.45) is 5.53. The number of benzene rings is 1. The molecule has 136 valence electrons. The van der Waals surface area contributed by atoms with E-state index in [1.54, 1.807) is 19.4 Å². The van der Waals surface area contributed by atoms with Crippen molar-refractivity contribution in [3.63, 3.8) is 0 Å². The number of carbonyl (C=O) groups excluding carboxylic acids is 1. The standard InChI is InChI=1S/C19H21N3O4/c1-24-15-6-2-4-12-8-16(26-18(12)15)19(23)20-9-13-5-3-7-25-17(13)14-10-21-22-11-14/h2,4,6,8,10-11,13,17H,3,5,7,9H2,1H3,(H,20,23)(H,21,22)/t13-,17+/m0/s1. The fourth-order valence-corrected chi connectivity index (χ4v) is 3.46. The third-order valence-corrected chi connectivity index (χ3v) is 4.77. The van der Waals surface area contributed by atoms with Crippen LogP contribution in [-0.2, 0) is 4.74 Å². The number of aromatic amines is 1. The Bertz CT molecular complexity index is 887. The number of hydrogen-bond acceptors (Lipinski definition) is 5. The van der Waals surface area contributed by atoms with Crippen molar-refractivity contribution in [3.8, 4) is 5.75 Å². The normalized spacial score (nSPS) is 20.2. The summed E-state index contributed by atoms with van der Waals surface area (Å²) in [6, 6.07) is 7.30. The molecule has 2 N–H and O–H groups in total. The third-order valence-electron chi connectivity index (χ3n) is 4.77. The zero-order valence-corrected chi connectivity index (χ0v) is 14.5.